The van der Waals surface area contributed by atoms with E-state index in [0.717, 1.165) is 17.1 Å². The highest BCUT2D eigenvalue weighted by Gasteiger charge is 2.46. The molecule has 0 spiro atoms. The van der Waals surface area contributed by atoms with Gasteiger partial charge in [-0.15, -0.1) is 11.3 Å². The summed E-state index contributed by atoms with van der Waals surface area (Å²) in [6.07, 6.45) is 1.11. The highest BCUT2D eigenvalue weighted by molar-refractivity contribution is 7.91. The molecule has 2 aliphatic rings. The number of carbonyl (C=O) groups is 1. The number of hydrogen-bond acceptors (Lipinski definition) is 6. The maximum Gasteiger partial charge on any atom is 0.223 e. The lowest BCUT2D eigenvalue weighted by atomic mass is 10.0. The van der Waals surface area contributed by atoms with E-state index in [1.54, 1.807) is 21.7 Å². The molecule has 2 saturated heterocycles. The van der Waals surface area contributed by atoms with Gasteiger partial charge in [0, 0.05) is 30.4 Å². The van der Waals surface area contributed by atoms with Crippen LogP contribution >= 0.6 is 11.3 Å². The average molecular weight is 343 g/mol. The molecular weight excluding hydrogens is 322 g/mol. The molecule has 1 amide bonds. The summed E-state index contributed by atoms with van der Waals surface area (Å²) < 4.78 is 23.9. The summed E-state index contributed by atoms with van der Waals surface area (Å²) in [5, 5.41) is 0. The average Bonchev–Trinajstić information content (AvgIpc) is 2.99. The second kappa shape index (κ2) is 5.90. The molecule has 2 aliphatic heterocycles. The molecule has 0 aromatic carbocycles. The number of hydrogen-bond donors (Lipinski definition) is 0. The van der Waals surface area contributed by atoms with Gasteiger partial charge in [-0.25, -0.2) is 13.4 Å². The molecule has 122 valence electrons. The Bertz CT molecular complexity index is 671. The Morgan fingerprint density at radius 3 is 2.77 bits per heavy atom. The zero-order valence-corrected chi connectivity index (χ0v) is 14.5. The maximum atomic E-state index is 12.6. The van der Waals surface area contributed by atoms with Crippen molar-refractivity contribution in [3.63, 3.8) is 0 Å². The van der Waals surface area contributed by atoms with E-state index in [2.05, 4.69) is 9.88 Å². The highest BCUT2D eigenvalue weighted by atomic mass is 32.2. The van der Waals surface area contributed by atoms with Crippen molar-refractivity contribution in [3.8, 4) is 0 Å². The summed E-state index contributed by atoms with van der Waals surface area (Å²) in [5.41, 5.74) is 2.78. The first-order chi connectivity index (χ1) is 10.4. The Kier molecular flexibility index (Phi) is 4.26. The molecule has 2 atom stereocenters. The summed E-state index contributed by atoms with van der Waals surface area (Å²) in [5.74, 6) is 0.340. The first kappa shape index (κ1) is 15.9. The SMILES string of the molecule is Cc1ncsc1CCC(=O)N1CCN(C)[C@@H]2CS(=O)(=O)C[C@@H]21. The molecule has 0 saturated carbocycles. The van der Waals surface area contributed by atoms with Gasteiger partial charge in [0.25, 0.3) is 0 Å². The number of fused-ring (bicyclic) bond motifs is 1. The van der Waals surface area contributed by atoms with Crippen molar-refractivity contribution < 1.29 is 13.2 Å². The third-order valence-electron chi connectivity index (χ3n) is 4.68. The lowest BCUT2D eigenvalue weighted by molar-refractivity contribution is -0.136. The minimum absolute atomic E-state index is 0.0483. The van der Waals surface area contributed by atoms with E-state index in [9.17, 15) is 13.2 Å². The Hall–Kier alpha value is -0.990. The van der Waals surface area contributed by atoms with Gasteiger partial charge in [0.05, 0.1) is 28.8 Å². The molecular formula is C14H21N3O3S2. The van der Waals surface area contributed by atoms with Crippen LogP contribution in [0.5, 0.6) is 0 Å². The number of thiazole rings is 1. The van der Waals surface area contributed by atoms with E-state index >= 15 is 0 Å². The lowest BCUT2D eigenvalue weighted by Gasteiger charge is -2.42. The molecule has 0 radical (unpaired) electrons. The largest absolute Gasteiger partial charge is 0.336 e. The van der Waals surface area contributed by atoms with Crippen LogP contribution in [-0.4, -0.2) is 72.8 Å². The van der Waals surface area contributed by atoms with Crippen LogP contribution in [0.1, 0.15) is 17.0 Å². The molecule has 0 bridgehead atoms. The molecule has 3 rings (SSSR count). The van der Waals surface area contributed by atoms with Gasteiger partial charge in [-0.2, -0.15) is 0 Å². The zero-order valence-electron chi connectivity index (χ0n) is 12.9. The van der Waals surface area contributed by atoms with Gasteiger partial charge in [0.1, 0.15) is 0 Å². The molecule has 1 aromatic heterocycles. The molecule has 2 fully saturated rings. The molecule has 0 unspecified atom stereocenters. The Morgan fingerprint density at radius 2 is 2.09 bits per heavy atom. The van der Waals surface area contributed by atoms with Crippen molar-refractivity contribution in [1.29, 1.82) is 0 Å². The summed E-state index contributed by atoms with van der Waals surface area (Å²) in [7, 11) is -1.09. The Labute approximate surface area is 135 Å². The number of amides is 1. The van der Waals surface area contributed by atoms with Gasteiger partial charge in [-0.1, -0.05) is 0 Å². The van der Waals surface area contributed by atoms with Gasteiger partial charge in [-0.3, -0.25) is 9.69 Å². The number of aryl methyl sites for hydroxylation is 2. The number of aromatic nitrogens is 1. The van der Waals surface area contributed by atoms with Crippen LogP contribution in [0.25, 0.3) is 0 Å². The van der Waals surface area contributed by atoms with Crippen molar-refractivity contribution in [1.82, 2.24) is 14.8 Å². The third-order valence-corrected chi connectivity index (χ3v) is 7.38. The smallest absolute Gasteiger partial charge is 0.223 e. The van der Waals surface area contributed by atoms with E-state index < -0.39 is 9.84 Å². The predicted octanol–water partition coefficient (Wildman–Crippen LogP) is 0.324. The Balaban J connectivity index is 1.68. The van der Waals surface area contributed by atoms with Crippen LogP contribution in [0.2, 0.25) is 0 Å². The monoisotopic (exact) mass is 343 g/mol. The van der Waals surface area contributed by atoms with Crippen molar-refractivity contribution in [2.45, 2.75) is 31.8 Å². The minimum atomic E-state index is -3.04. The predicted molar refractivity (Wildman–Crippen MR) is 85.7 cm³/mol. The summed E-state index contributed by atoms with van der Waals surface area (Å²) in [4.78, 5) is 21.8. The highest BCUT2D eigenvalue weighted by Crippen LogP contribution is 2.27. The van der Waals surface area contributed by atoms with Gasteiger partial charge in [-0.05, 0) is 20.4 Å². The van der Waals surface area contributed by atoms with E-state index in [1.165, 1.54) is 0 Å². The van der Waals surface area contributed by atoms with Crippen molar-refractivity contribution in [2.75, 3.05) is 31.6 Å². The normalized spacial score (nSPS) is 27.8. The quantitative estimate of drug-likeness (QED) is 0.791. The van der Waals surface area contributed by atoms with Crippen LogP contribution in [0.15, 0.2) is 5.51 Å². The zero-order chi connectivity index (χ0) is 15.9. The number of likely N-dealkylation sites (N-methyl/N-ethyl adjacent to an activating group) is 1. The fourth-order valence-electron chi connectivity index (χ4n) is 3.37. The van der Waals surface area contributed by atoms with Crippen LogP contribution < -0.4 is 0 Å². The molecule has 22 heavy (non-hydrogen) atoms. The fourth-order valence-corrected chi connectivity index (χ4v) is 6.20. The summed E-state index contributed by atoms with van der Waals surface area (Å²) in [6, 6.07) is -0.230. The maximum absolute atomic E-state index is 12.6. The number of nitrogens with zero attached hydrogens (tertiary/aromatic N) is 3. The molecule has 6 nitrogen and oxygen atoms in total. The fraction of sp³-hybridized carbons (Fsp3) is 0.714. The summed E-state index contributed by atoms with van der Waals surface area (Å²) >= 11 is 1.57. The number of piperazine rings is 1. The van der Waals surface area contributed by atoms with Crippen molar-refractivity contribution in [2.24, 2.45) is 0 Å². The topological polar surface area (TPSA) is 70.6 Å². The first-order valence-electron chi connectivity index (χ1n) is 7.46. The molecule has 0 N–H and O–H groups in total. The van der Waals surface area contributed by atoms with Crippen LogP contribution in [0.3, 0.4) is 0 Å². The molecule has 8 heteroatoms. The Morgan fingerprint density at radius 1 is 1.36 bits per heavy atom. The second-order valence-electron chi connectivity index (χ2n) is 6.14. The van der Waals surface area contributed by atoms with Crippen LogP contribution in [0.4, 0.5) is 0 Å². The molecule has 1 aromatic rings. The van der Waals surface area contributed by atoms with E-state index in [0.29, 0.717) is 19.4 Å². The minimum Gasteiger partial charge on any atom is -0.336 e. The number of sulfone groups is 1. The van der Waals surface area contributed by atoms with E-state index in [4.69, 9.17) is 0 Å². The standard InChI is InChI=1S/C14H21N3O3S2/c1-10-13(21-9-15-10)3-4-14(18)17-6-5-16(2)11-7-22(19,20)8-12(11)17/h9,11-12H,3-8H2,1-2H3/t11-,12+/m1/s1. The van der Waals surface area contributed by atoms with Gasteiger partial charge in [0.2, 0.25) is 5.91 Å². The van der Waals surface area contributed by atoms with Crippen LogP contribution in [-0.2, 0) is 21.1 Å². The van der Waals surface area contributed by atoms with Gasteiger partial charge >= 0.3 is 0 Å². The van der Waals surface area contributed by atoms with Gasteiger partial charge < -0.3 is 4.90 Å². The third kappa shape index (κ3) is 3.04. The number of carbonyl (C=O) groups excluding carboxylic acids is 1. The van der Waals surface area contributed by atoms with E-state index in [-0.39, 0.29) is 29.5 Å². The molecule has 3 heterocycles. The van der Waals surface area contributed by atoms with Crippen LogP contribution in [0, 0.1) is 6.92 Å². The second-order valence-corrected chi connectivity index (χ2v) is 9.23. The molecule has 0 aliphatic carbocycles. The van der Waals surface area contributed by atoms with Crippen molar-refractivity contribution >= 4 is 27.1 Å². The first-order valence-corrected chi connectivity index (χ1v) is 10.2. The number of rotatable bonds is 3. The van der Waals surface area contributed by atoms with Gasteiger partial charge in [0.15, 0.2) is 9.84 Å². The lowest BCUT2D eigenvalue weighted by Crippen LogP contribution is -2.59. The summed E-state index contributed by atoms with van der Waals surface area (Å²) in [6.45, 7) is 3.31. The van der Waals surface area contributed by atoms with Crippen molar-refractivity contribution in [3.05, 3.63) is 16.1 Å². The van der Waals surface area contributed by atoms with E-state index in [1.807, 2.05) is 14.0 Å².